The molecule has 106 valence electrons. The highest BCUT2D eigenvalue weighted by atomic mass is 16.4. The Bertz CT molecular complexity index is 264. The van der Waals surface area contributed by atoms with Crippen LogP contribution in [0.15, 0.2) is 0 Å². The Hall–Kier alpha value is -1.06. The second kappa shape index (κ2) is 8.95. The number of nitrogens with one attached hydrogen (secondary N) is 1. The van der Waals surface area contributed by atoms with Gasteiger partial charge in [-0.25, -0.2) is 4.79 Å². The number of carboxylic acid groups (broad SMARTS) is 1. The molecule has 4 heteroatoms. The lowest BCUT2D eigenvalue weighted by atomic mass is 9.95. The van der Waals surface area contributed by atoms with Crippen LogP contribution < -0.4 is 5.32 Å². The molecule has 2 unspecified atom stereocenters. The zero-order valence-electron chi connectivity index (χ0n) is 12.0. The summed E-state index contributed by atoms with van der Waals surface area (Å²) >= 11 is 0. The van der Waals surface area contributed by atoms with E-state index in [1.165, 1.54) is 0 Å². The smallest absolute Gasteiger partial charge is 0.326 e. The lowest BCUT2D eigenvalue weighted by molar-refractivity contribution is -0.143. The first-order valence-electron chi connectivity index (χ1n) is 6.94. The van der Waals surface area contributed by atoms with Gasteiger partial charge in [-0.1, -0.05) is 47.0 Å². The van der Waals surface area contributed by atoms with E-state index in [1.54, 1.807) is 13.8 Å². The van der Waals surface area contributed by atoms with Crippen LogP contribution in [0.25, 0.3) is 0 Å². The zero-order valence-corrected chi connectivity index (χ0v) is 12.0. The van der Waals surface area contributed by atoms with Gasteiger partial charge in [-0.3, -0.25) is 4.79 Å². The predicted octanol–water partition coefficient (Wildman–Crippen LogP) is 2.82. The van der Waals surface area contributed by atoms with Crippen LogP contribution in [0.5, 0.6) is 0 Å². The first-order valence-corrected chi connectivity index (χ1v) is 6.94. The van der Waals surface area contributed by atoms with Crippen LogP contribution in [0.2, 0.25) is 0 Å². The summed E-state index contributed by atoms with van der Waals surface area (Å²) in [4.78, 5) is 22.8. The van der Waals surface area contributed by atoms with Gasteiger partial charge in [0.15, 0.2) is 0 Å². The molecule has 2 N–H and O–H groups in total. The molecule has 0 bridgehead atoms. The molecule has 0 heterocycles. The molecule has 0 aromatic carbocycles. The summed E-state index contributed by atoms with van der Waals surface area (Å²) in [5.74, 6) is -0.826. The second-order valence-corrected chi connectivity index (χ2v) is 5.25. The molecule has 18 heavy (non-hydrogen) atoms. The van der Waals surface area contributed by atoms with Crippen molar-refractivity contribution in [3.05, 3.63) is 0 Å². The Kier molecular flexibility index (Phi) is 8.42. The molecule has 0 aliphatic rings. The van der Waals surface area contributed by atoms with Crippen LogP contribution in [0.1, 0.15) is 59.8 Å². The minimum Gasteiger partial charge on any atom is -0.480 e. The maximum Gasteiger partial charge on any atom is 0.326 e. The van der Waals surface area contributed by atoms with Crippen molar-refractivity contribution in [1.29, 1.82) is 0 Å². The average Bonchev–Trinajstić information content (AvgIpc) is 2.30. The molecule has 0 aliphatic heterocycles. The van der Waals surface area contributed by atoms with E-state index in [0.29, 0.717) is 12.3 Å². The first kappa shape index (κ1) is 16.9. The van der Waals surface area contributed by atoms with Crippen molar-refractivity contribution in [1.82, 2.24) is 5.32 Å². The van der Waals surface area contributed by atoms with Gasteiger partial charge < -0.3 is 10.4 Å². The van der Waals surface area contributed by atoms with Gasteiger partial charge in [0.05, 0.1) is 0 Å². The van der Waals surface area contributed by atoms with Crippen LogP contribution >= 0.6 is 0 Å². The fraction of sp³-hybridized carbons (Fsp3) is 0.857. The van der Waals surface area contributed by atoms with Crippen molar-refractivity contribution in [2.45, 2.75) is 65.8 Å². The van der Waals surface area contributed by atoms with Gasteiger partial charge in [0, 0.05) is 6.42 Å². The fourth-order valence-electron chi connectivity index (χ4n) is 1.95. The number of amides is 1. The number of carboxylic acids is 1. The molecular weight excluding hydrogens is 230 g/mol. The molecular formula is C14H27NO3. The second-order valence-electron chi connectivity index (χ2n) is 5.25. The highest BCUT2D eigenvalue weighted by Crippen LogP contribution is 2.16. The first-order chi connectivity index (χ1) is 8.42. The fourth-order valence-corrected chi connectivity index (χ4v) is 1.95. The Balaban J connectivity index is 4.25. The van der Waals surface area contributed by atoms with E-state index in [1.807, 2.05) is 0 Å². The zero-order chi connectivity index (χ0) is 14.1. The number of unbranched alkanes of at least 4 members (excludes halogenated alkanes) is 1. The number of carbonyl (C=O) groups excluding carboxylic acids is 1. The largest absolute Gasteiger partial charge is 0.480 e. The van der Waals surface area contributed by atoms with Crippen LogP contribution in [0.4, 0.5) is 0 Å². The maximum atomic E-state index is 11.8. The molecule has 0 aliphatic carbocycles. The van der Waals surface area contributed by atoms with Gasteiger partial charge in [0.1, 0.15) is 6.04 Å². The maximum absolute atomic E-state index is 11.8. The van der Waals surface area contributed by atoms with Crippen molar-refractivity contribution in [2.75, 3.05) is 0 Å². The third-order valence-electron chi connectivity index (χ3n) is 3.27. The van der Waals surface area contributed by atoms with Crippen LogP contribution in [-0.2, 0) is 9.59 Å². The van der Waals surface area contributed by atoms with Crippen molar-refractivity contribution < 1.29 is 14.7 Å². The van der Waals surface area contributed by atoms with Crippen molar-refractivity contribution >= 4 is 11.9 Å². The number of hydrogen-bond donors (Lipinski definition) is 2. The summed E-state index contributed by atoms with van der Waals surface area (Å²) in [6.07, 6.45) is 4.69. The molecule has 0 fully saturated rings. The molecule has 1 amide bonds. The van der Waals surface area contributed by atoms with Gasteiger partial charge in [-0.15, -0.1) is 0 Å². The summed E-state index contributed by atoms with van der Waals surface area (Å²) in [5.41, 5.74) is 0. The SMILES string of the molecule is CCCCC(CC)CC(=O)NC(C(=O)O)C(C)C. The summed E-state index contributed by atoms with van der Waals surface area (Å²) in [6, 6.07) is -0.777. The van der Waals surface area contributed by atoms with Crippen molar-refractivity contribution in [2.24, 2.45) is 11.8 Å². The van der Waals surface area contributed by atoms with Gasteiger partial charge in [-0.05, 0) is 18.3 Å². The Morgan fingerprint density at radius 1 is 1.22 bits per heavy atom. The highest BCUT2D eigenvalue weighted by Gasteiger charge is 2.24. The van der Waals surface area contributed by atoms with E-state index >= 15 is 0 Å². The molecule has 0 saturated carbocycles. The Labute approximate surface area is 110 Å². The summed E-state index contributed by atoms with van der Waals surface area (Å²) < 4.78 is 0. The topological polar surface area (TPSA) is 66.4 Å². The van der Waals surface area contributed by atoms with Crippen molar-refractivity contribution in [3.8, 4) is 0 Å². The molecule has 0 rings (SSSR count). The predicted molar refractivity (Wildman–Crippen MR) is 72.3 cm³/mol. The van der Waals surface area contributed by atoms with Gasteiger partial charge in [0.2, 0.25) is 5.91 Å². The van der Waals surface area contributed by atoms with Crippen LogP contribution in [0, 0.1) is 11.8 Å². The third-order valence-corrected chi connectivity index (χ3v) is 3.27. The van der Waals surface area contributed by atoms with E-state index in [4.69, 9.17) is 5.11 Å². The molecule has 0 aromatic heterocycles. The molecule has 4 nitrogen and oxygen atoms in total. The van der Waals surface area contributed by atoms with Gasteiger partial charge in [-0.2, -0.15) is 0 Å². The van der Waals surface area contributed by atoms with E-state index in [0.717, 1.165) is 25.7 Å². The van der Waals surface area contributed by atoms with E-state index in [2.05, 4.69) is 19.2 Å². The average molecular weight is 257 g/mol. The Morgan fingerprint density at radius 2 is 1.83 bits per heavy atom. The van der Waals surface area contributed by atoms with E-state index in [9.17, 15) is 9.59 Å². The molecule has 0 aromatic rings. The quantitative estimate of drug-likeness (QED) is 0.667. The standard InChI is InChI=1S/C14H27NO3/c1-5-7-8-11(6-2)9-12(16)15-13(10(3)4)14(17)18/h10-11,13H,5-9H2,1-4H3,(H,15,16)(H,17,18). The minimum atomic E-state index is -0.958. The summed E-state index contributed by atoms with van der Waals surface area (Å²) in [7, 11) is 0. The Morgan fingerprint density at radius 3 is 2.22 bits per heavy atom. The van der Waals surface area contributed by atoms with E-state index < -0.39 is 12.0 Å². The van der Waals surface area contributed by atoms with Crippen LogP contribution in [-0.4, -0.2) is 23.0 Å². The van der Waals surface area contributed by atoms with Crippen molar-refractivity contribution in [3.63, 3.8) is 0 Å². The number of hydrogen-bond acceptors (Lipinski definition) is 2. The summed E-state index contributed by atoms with van der Waals surface area (Å²) in [6.45, 7) is 7.80. The minimum absolute atomic E-state index is 0.0952. The molecule has 0 radical (unpaired) electrons. The lowest BCUT2D eigenvalue weighted by Crippen LogP contribution is -2.44. The molecule has 0 spiro atoms. The summed E-state index contributed by atoms with van der Waals surface area (Å²) in [5, 5.41) is 11.6. The number of carbonyl (C=O) groups is 2. The monoisotopic (exact) mass is 257 g/mol. The normalized spacial score (nSPS) is 14.3. The molecule has 2 atom stereocenters. The van der Waals surface area contributed by atoms with E-state index in [-0.39, 0.29) is 11.8 Å². The van der Waals surface area contributed by atoms with Crippen LogP contribution in [0.3, 0.4) is 0 Å². The van der Waals surface area contributed by atoms with Gasteiger partial charge >= 0.3 is 5.97 Å². The highest BCUT2D eigenvalue weighted by molar-refractivity contribution is 5.83. The number of aliphatic carboxylic acids is 1. The lowest BCUT2D eigenvalue weighted by Gasteiger charge is -2.20. The molecule has 0 saturated heterocycles. The van der Waals surface area contributed by atoms with Gasteiger partial charge in [0.25, 0.3) is 0 Å². The third kappa shape index (κ3) is 6.62. The number of rotatable bonds is 9.